The highest BCUT2D eigenvalue weighted by molar-refractivity contribution is 5.83. The van der Waals surface area contributed by atoms with E-state index >= 15 is 0 Å². The number of aromatic amines is 1. The summed E-state index contributed by atoms with van der Waals surface area (Å²) in [5.74, 6) is 0.242. The first-order valence-corrected chi connectivity index (χ1v) is 10.4. The van der Waals surface area contributed by atoms with Crippen molar-refractivity contribution in [2.24, 2.45) is 0 Å². The van der Waals surface area contributed by atoms with Crippen molar-refractivity contribution in [1.82, 2.24) is 14.5 Å². The van der Waals surface area contributed by atoms with Crippen LogP contribution in [0.25, 0.3) is 10.9 Å². The predicted molar refractivity (Wildman–Crippen MR) is 116 cm³/mol. The lowest BCUT2D eigenvalue weighted by molar-refractivity contribution is -0.134. The average molecular weight is 383 g/mol. The molecule has 5 rings (SSSR count). The number of aryl methyl sites for hydroxylation is 1. The van der Waals surface area contributed by atoms with Crippen molar-refractivity contribution in [1.29, 1.82) is 0 Å². The van der Waals surface area contributed by atoms with Gasteiger partial charge in [0.1, 0.15) is 0 Å². The molecule has 0 aliphatic carbocycles. The number of carbonyl (C=O) groups excluding carboxylic acids is 1. The first-order valence-electron chi connectivity index (χ1n) is 10.4. The lowest BCUT2D eigenvalue weighted by Crippen LogP contribution is -2.42. The lowest BCUT2D eigenvalue weighted by atomic mass is 9.99. The van der Waals surface area contributed by atoms with Gasteiger partial charge in [-0.3, -0.25) is 4.79 Å². The van der Waals surface area contributed by atoms with Crippen LogP contribution in [0.15, 0.2) is 79.1 Å². The van der Waals surface area contributed by atoms with Crippen LogP contribution in [0.1, 0.15) is 35.7 Å². The molecule has 1 aliphatic rings. The molecule has 3 heterocycles. The van der Waals surface area contributed by atoms with Gasteiger partial charge in [-0.15, -0.1) is 0 Å². The molecule has 1 atom stereocenters. The number of fused-ring (bicyclic) bond motifs is 2. The molecule has 1 aliphatic heterocycles. The predicted octanol–water partition coefficient (Wildman–Crippen LogP) is 4.92. The smallest absolute Gasteiger partial charge is 0.223 e. The normalized spacial score (nSPS) is 16.1. The number of amides is 1. The van der Waals surface area contributed by atoms with E-state index in [4.69, 9.17) is 0 Å². The van der Waals surface area contributed by atoms with Crippen LogP contribution < -0.4 is 0 Å². The summed E-state index contributed by atoms with van der Waals surface area (Å²) < 4.78 is 2.27. The van der Waals surface area contributed by atoms with Gasteiger partial charge in [0.15, 0.2) is 0 Å². The van der Waals surface area contributed by atoms with Gasteiger partial charge in [0, 0.05) is 48.5 Å². The highest BCUT2D eigenvalue weighted by Crippen LogP contribution is 2.33. The summed E-state index contributed by atoms with van der Waals surface area (Å²) in [5.41, 5.74) is 4.83. The molecule has 0 saturated heterocycles. The number of nitrogens with one attached hydrogen (secondary N) is 1. The molecule has 0 fully saturated rings. The van der Waals surface area contributed by atoms with Crippen LogP contribution in [0.2, 0.25) is 0 Å². The van der Waals surface area contributed by atoms with Gasteiger partial charge in [0.25, 0.3) is 0 Å². The molecule has 0 bridgehead atoms. The molecular formula is C25H25N3O. The summed E-state index contributed by atoms with van der Waals surface area (Å²) in [5, 5.41) is 1.26. The Balaban J connectivity index is 1.32. The van der Waals surface area contributed by atoms with Crippen molar-refractivity contribution in [2.45, 2.75) is 31.8 Å². The summed E-state index contributed by atoms with van der Waals surface area (Å²) in [6.45, 7) is 1.62. The standard InChI is InChI=1S/C25H25N3O/c29-24(14-6-10-20-18-26-22-12-5-4-11-21(20)22)28-17-16-27-15-7-13-23(27)25(28)19-8-2-1-3-9-19/h1-5,7-9,11-13,15,18,25-26H,6,10,14,16-17H2. The maximum Gasteiger partial charge on any atom is 0.223 e. The SMILES string of the molecule is O=C(CCCc1c[nH]c2ccccc12)N1CCn2cccc2C1c1ccccc1. The molecule has 2 aromatic heterocycles. The van der Waals surface area contributed by atoms with Gasteiger partial charge in [-0.05, 0) is 42.2 Å². The van der Waals surface area contributed by atoms with Crippen LogP contribution >= 0.6 is 0 Å². The Kier molecular flexibility index (Phi) is 4.68. The molecule has 2 aromatic carbocycles. The van der Waals surface area contributed by atoms with E-state index in [1.165, 1.54) is 22.2 Å². The third kappa shape index (κ3) is 3.35. The van der Waals surface area contributed by atoms with Gasteiger partial charge in [0.05, 0.1) is 6.04 Å². The first kappa shape index (κ1) is 17.8. The molecule has 0 saturated carbocycles. The quantitative estimate of drug-likeness (QED) is 0.522. The Labute approximate surface area is 170 Å². The van der Waals surface area contributed by atoms with E-state index in [2.05, 4.69) is 81.4 Å². The number of H-pyrrole nitrogens is 1. The van der Waals surface area contributed by atoms with E-state index in [1.807, 2.05) is 12.1 Å². The van der Waals surface area contributed by atoms with E-state index in [9.17, 15) is 4.79 Å². The summed E-state index contributed by atoms with van der Waals surface area (Å²) in [7, 11) is 0. The van der Waals surface area contributed by atoms with Crippen molar-refractivity contribution < 1.29 is 4.79 Å². The fraction of sp³-hybridized carbons (Fsp3) is 0.240. The molecule has 0 spiro atoms. The second kappa shape index (κ2) is 7.63. The number of benzene rings is 2. The number of rotatable bonds is 5. The van der Waals surface area contributed by atoms with E-state index in [1.54, 1.807) is 0 Å². The average Bonchev–Trinajstić information content (AvgIpc) is 3.41. The molecule has 0 radical (unpaired) electrons. The Morgan fingerprint density at radius 3 is 2.69 bits per heavy atom. The highest BCUT2D eigenvalue weighted by Gasteiger charge is 2.31. The van der Waals surface area contributed by atoms with Gasteiger partial charge < -0.3 is 14.5 Å². The van der Waals surface area contributed by atoms with Gasteiger partial charge in [-0.1, -0.05) is 48.5 Å². The number of para-hydroxylation sites is 1. The van der Waals surface area contributed by atoms with Crippen molar-refractivity contribution in [3.05, 3.63) is 95.9 Å². The van der Waals surface area contributed by atoms with Gasteiger partial charge in [-0.25, -0.2) is 0 Å². The monoisotopic (exact) mass is 383 g/mol. The molecule has 29 heavy (non-hydrogen) atoms. The van der Waals surface area contributed by atoms with Crippen LogP contribution in [0.4, 0.5) is 0 Å². The fourth-order valence-corrected chi connectivity index (χ4v) is 4.55. The van der Waals surface area contributed by atoms with Crippen LogP contribution in [-0.2, 0) is 17.8 Å². The summed E-state index contributed by atoms with van der Waals surface area (Å²) in [6.07, 6.45) is 6.54. The molecular weight excluding hydrogens is 358 g/mol. The Bertz CT molecular complexity index is 1130. The zero-order chi connectivity index (χ0) is 19.6. The number of carbonyl (C=O) groups is 1. The molecule has 1 unspecified atom stereocenters. The van der Waals surface area contributed by atoms with Gasteiger partial charge >= 0.3 is 0 Å². The van der Waals surface area contributed by atoms with Crippen molar-refractivity contribution in [3.8, 4) is 0 Å². The molecule has 1 N–H and O–H groups in total. The number of nitrogens with zero attached hydrogens (tertiary/aromatic N) is 2. The van der Waals surface area contributed by atoms with Crippen LogP contribution in [0, 0.1) is 0 Å². The lowest BCUT2D eigenvalue weighted by Gasteiger charge is -2.37. The van der Waals surface area contributed by atoms with Crippen LogP contribution in [0.5, 0.6) is 0 Å². The third-order valence-electron chi connectivity index (χ3n) is 5.99. The van der Waals surface area contributed by atoms with Crippen molar-refractivity contribution >= 4 is 16.8 Å². The Morgan fingerprint density at radius 1 is 0.966 bits per heavy atom. The maximum absolute atomic E-state index is 13.2. The minimum atomic E-state index is 0.000499. The summed E-state index contributed by atoms with van der Waals surface area (Å²) in [4.78, 5) is 18.6. The van der Waals surface area contributed by atoms with Crippen molar-refractivity contribution in [2.75, 3.05) is 6.54 Å². The molecule has 4 heteroatoms. The Morgan fingerprint density at radius 2 is 1.79 bits per heavy atom. The Hall–Kier alpha value is -3.27. The molecule has 4 nitrogen and oxygen atoms in total. The van der Waals surface area contributed by atoms with Crippen molar-refractivity contribution in [3.63, 3.8) is 0 Å². The minimum Gasteiger partial charge on any atom is -0.361 e. The molecule has 1 amide bonds. The highest BCUT2D eigenvalue weighted by atomic mass is 16.2. The second-order valence-electron chi connectivity index (χ2n) is 7.74. The maximum atomic E-state index is 13.2. The molecule has 4 aromatic rings. The molecule has 146 valence electrons. The largest absolute Gasteiger partial charge is 0.361 e. The zero-order valence-electron chi connectivity index (χ0n) is 16.4. The third-order valence-corrected chi connectivity index (χ3v) is 5.99. The van der Waals surface area contributed by atoms with Crippen LogP contribution in [-0.4, -0.2) is 26.9 Å². The fourth-order valence-electron chi connectivity index (χ4n) is 4.55. The second-order valence-corrected chi connectivity index (χ2v) is 7.74. The summed E-state index contributed by atoms with van der Waals surface area (Å²) in [6, 6.07) is 23.0. The zero-order valence-corrected chi connectivity index (χ0v) is 16.4. The minimum absolute atomic E-state index is 0.000499. The number of hydrogen-bond acceptors (Lipinski definition) is 1. The van der Waals surface area contributed by atoms with E-state index in [-0.39, 0.29) is 11.9 Å². The number of hydrogen-bond donors (Lipinski definition) is 1. The summed E-state index contributed by atoms with van der Waals surface area (Å²) >= 11 is 0. The first-order chi connectivity index (χ1) is 14.3. The topological polar surface area (TPSA) is 41.0 Å². The van der Waals surface area contributed by atoms with E-state index < -0.39 is 0 Å². The van der Waals surface area contributed by atoms with Gasteiger partial charge in [-0.2, -0.15) is 0 Å². The van der Waals surface area contributed by atoms with Crippen LogP contribution in [0.3, 0.4) is 0 Å². The van der Waals surface area contributed by atoms with E-state index in [0.717, 1.165) is 31.4 Å². The number of aromatic nitrogens is 2. The van der Waals surface area contributed by atoms with Gasteiger partial charge in [0.2, 0.25) is 5.91 Å². The van der Waals surface area contributed by atoms with E-state index in [0.29, 0.717) is 6.42 Å².